The summed E-state index contributed by atoms with van der Waals surface area (Å²) in [6.07, 6.45) is 0. The van der Waals surface area contributed by atoms with Crippen LogP contribution in [0.3, 0.4) is 0 Å². The number of benzene rings is 3. The fourth-order valence-corrected chi connectivity index (χ4v) is 3.08. The molecular weight excluding hydrogens is 242 g/mol. The summed E-state index contributed by atoms with van der Waals surface area (Å²) in [6.45, 7) is 4.22. The van der Waals surface area contributed by atoms with Gasteiger partial charge < -0.3 is 0 Å². The standard InChI is InChI=1S/C19H15N/c1-12-7-9-16-17-10-8-14-5-3-4-6-15(14)19(17)13(2)20-18(16)11-12/h3-11H,1-2H3. The van der Waals surface area contributed by atoms with E-state index in [1.165, 1.54) is 32.5 Å². The highest BCUT2D eigenvalue weighted by atomic mass is 14.7. The summed E-state index contributed by atoms with van der Waals surface area (Å²) >= 11 is 0. The van der Waals surface area contributed by atoms with Crippen LogP contribution in [0.15, 0.2) is 54.6 Å². The summed E-state index contributed by atoms with van der Waals surface area (Å²) in [4.78, 5) is 4.81. The van der Waals surface area contributed by atoms with Crippen molar-refractivity contribution in [3.05, 3.63) is 65.9 Å². The Kier molecular flexibility index (Phi) is 2.31. The zero-order valence-electron chi connectivity index (χ0n) is 11.6. The molecule has 0 aliphatic heterocycles. The van der Waals surface area contributed by atoms with E-state index in [0.29, 0.717) is 0 Å². The molecule has 4 aromatic rings. The molecule has 1 heteroatoms. The molecule has 4 rings (SSSR count). The fraction of sp³-hybridized carbons (Fsp3) is 0.105. The summed E-state index contributed by atoms with van der Waals surface area (Å²) in [6, 6.07) is 19.5. The van der Waals surface area contributed by atoms with Gasteiger partial charge in [0.1, 0.15) is 0 Å². The molecular formula is C19H15N. The van der Waals surface area contributed by atoms with Crippen molar-refractivity contribution in [2.75, 3.05) is 0 Å². The van der Waals surface area contributed by atoms with Crippen molar-refractivity contribution < 1.29 is 0 Å². The molecule has 1 aromatic heterocycles. The van der Waals surface area contributed by atoms with Crippen molar-refractivity contribution >= 4 is 32.4 Å². The number of aromatic nitrogens is 1. The molecule has 0 saturated carbocycles. The molecule has 20 heavy (non-hydrogen) atoms. The molecule has 0 radical (unpaired) electrons. The molecule has 1 nitrogen and oxygen atoms in total. The van der Waals surface area contributed by atoms with E-state index in [0.717, 1.165) is 11.2 Å². The largest absolute Gasteiger partial charge is 0.252 e. The highest BCUT2D eigenvalue weighted by Crippen LogP contribution is 2.32. The molecule has 0 spiro atoms. The minimum Gasteiger partial charge on any atom is -0.252 e. The average Bonchev–Trinajstić information content (AvgIpc) is 2.46. The monoisotopic (exact) mass is 257 g/mol. The van der Waals surface area contributed by atoms with Gasteiger partial charge in [-0.3, -0.25) is 4.98 Å². The second kappa shape index (κ2) is 4.04. The third-order valence-electron chi connectivity index (χ3n) is 4.02. The van der Waals surface area contributed by atoms with Gasteiger partial charge in [0.05, 0.1) is 5.52 Å². The van der Waals surface area contributed by atoms with Gasteiger partial charge in [0.2, 0.25) is 0 Å². The van der Waals surface area contributed by atoms with Crippen LogP contribution >= 0.6 is 0 Å². The average molecular weight is 257 g/mol. The van der Waals surface area contributed by atoms with Gasteiger partial charge in [-0.2, -0.15) is 0 Å². The van der Waals surface area contributed by atoms with Crippen molar-refractivity contribution in [2.24, 2.45) is 0 Å². The first-order valence-electron chi connectivity index (χ1n) is 6.92. The summed E-state index contributed by atoms with van der Waals surface area (Å²) in [7, 11) is 0. The second-order valence-corrected chi connectivity index (χ2v) is 5.43. The van der Waals surface area contributed by atoms with E-state index in [-0.39, 0.29) is 0 Å². The van der Waals surface area contributed by atoms with Crippen LogP contribution in [0.5, 0.6) is 0 Å². The molecule has 0 aliphatic carbocycles. The van der Waals surface area contributed by atoms with Gasteiger partial charge in [0.25, 0.3) is 0 Å². The van der Waals surface area contributed by atoms with Crippen molar-refractivity contribution in [1.82, 2.24) is 4.98 Å². The van der Waals surface area contributed by atoms with Crippen LogP contribution < -0.4 is 0 Å². The lowest BCUT2D eigenvalue weighted by Gasteiger charge is -2.10. The molecule has 0 amide bonds. The third-order valence-corrected chi connectivity index (χ3v) is 4.02. The lowest BCUT2D eigenvalue weighted by molar-refractivity contribution is 1.29. The Labute approximate surface area is 117 Å². The smallest absolute Gasteiger partial charge is 0.0714 e. The second-order valence-electron chi connectivity index (χ2n) is 5.43. The van der Waals surface area contributed by atoms with Crippen LogP contribution in [-0.4, -0.2) is 4.98 Å². The molecule has 0 fully saturated rings. The Morgan fingerprint density at radius 2 is 1.55 bits per heavy atom. The van der Waals surface area contributed by atoms with Gasteiger partial charge in [-0.05, 0) is 41.6 Å². The van der Waals surface area contributed by atoms with E-state index in [1.54, 1.807) is 0 Å². The lowest BCUT2D eigenvalue weighted by atomic mass is 9.97. The van der Waals surface area contributed by atoms with Crippen molar-refractivity contribution in [3.63, 3.8) is 0 Å². The van der Waals surface area contributed by atoms with Gasteiger partial charge in [0.15, 0.2) is 0 Å². The number of fused-ring (bicyclic) bond motifs is 5. The molecule has 1 heterocycles. The summed E-state index contributed by atoms with van der Waals surface area (Å²) in [5.41, 5.74) is 3.45. The predicted molar refractivity (Wildman–Crippen MR) is 86.2 cm³/mol. The van der Waals surface area contributed by atoms with Gasteiger partial charge in [-0.25, -0.2) is 0 Å². The quantitative estimate of drug-likeness (QED) is 0.397. The van der Waals surface area contributed by atoms with Crippen LogP contribution in [0.2, 0.25) is 0 Å². The van der Waals surface area contributed by atoms with E-state index in [1.807, 2.05) is 0 Å². The Hall–Kier alpha value is -2.41. The number of pyridine rings is 1. The summed E-state index contributed by atoms with van der Waals surface area (Å²) in [5.74, 6) is 0. The van der Waals surface area contributed by atoms with E-state index < -0.39 is 0 Å². The first-order valence-corrected chi connectivity index (χ1v) is 6.92. The molecule has 0 bridgehead atoms. The van der Waals surface area contributed by atoms with Gasteiger partial charge in [-0.15, -0.1) is 0 Å². The van der Waals surface area contributed by atoms with Crippen molar-refractivity contribution in [1.29, 1.82) is 0 Å². The normalized spacial score (nSPS) is 11.5. The first kappa shape index (κ1) is 11.4. The molecule has 0 atom stereocenters. The van der Waals surface area contributed by atoms with E-state index >= 15 is 0 Å². The lowest BCUT2D eigenvalue weighted by Crippen LogP contribution is -1.90. The van der Waals surface area contributed by atoms with Crippen LogP contribution in [-0.2, 0) is 0 Å². The molecule has 3 aromatic carbocycles. The maximum Gasteiger partial charge on any atom is 0.0714 e. The van der Waals surface area contributed by atoms with Crippen LogP contribution in [0.1, 0.15) is 11.3 Å². The number of rotatable bonds is 0. The van der Waals surface area contributed by atoms with Gasteiger partial charge in [0, 0.05) is 16.5 Å². The number of nitrogens with zero attached hydrogens (tertiary/aromatic N) is 1. The number of aryl methyl sites for hydroxylation is 2. The van der Waals surface area contributed by atoms with Crippen LogP contribution in [0.25, 0.3) is 32.4 Å². The zero-order chi connectivity index (χ0) is 13.7. The molecule has 0 N–H and O–H groups in total. The van der Waals surface area contributed by atoms with E-state index in [2.05, 4.69) is 68.4 Å². The summed E-state index contributed by atoms with van der Waals surface area (Å²) < 4.78 is 0. The maximum absolute atomic E-state index is 4.81. The molecule has 0 saturated heterocycles. The van der Waals surface area contributed by atoms with Crippen LogP contribution in [0.4, 0.5) is 0 Å². The van der Waals surface area contributed by atoms with E-state index in [9.17, 15) is 0 Å². The number of hydrogen-bond acceptors (Lipinski definition) is 1. The highest BCUT2D eigenvalue weighted by Gasteiger charge is 2.08. The van der Waals surface area contributed by atoms with E-state index in [4.69, 9.17) is 4.98 Å². The highest BCUT2D eigenvalue weighted by molar-refractivity contribution is 6.17. The van der Waals surface area contributed by atoms with Crippen LogP contribution in [0, 0.1) is 13.8 Å². The Bertz CT molecular complexity index is 967. The fourth-order valence-electron chi connectivity index (χ4n) is 3.08. The third kappa shape index (κ3) is 1.53. The van der Waals surface area contributed by atoms with Gasteiger partial charge >= 0.3 is 0 Å². The topological polar surface area (TPSA) is 12.9 Å². The Morgan fingerprint density at radius 3 is 2.45 bits per heavy atom. The maximum atomic E-state index is 4.81. The Balaban J connectivity index is 2.31. The van der Waals surface area contributed by atoms with Gasteiger partial charge in [-0.1, -0.05) is 48.5 Å². The Morgan fingerprint density at radius 1 is 0.750 bits per heavy atom. The first-order chi connectivity index (χ1) is 9.74. The van der Waals surface area contributed by atoms with Crippen molar-refractivity contribution in [2.45, 2.75) is 13.8 Å². The SMILES string of the molecule is Cc1ccc2c(c1)nc(C)c1c3ccccc3ccc21. The molecule has 0 aliphatic rings. The zero-order valence-corrected chi connectivity index (χ0v) is 11.6. The van der Waals surface area contributed by atoms with Crippen molar-refractivity contribution in [3.8, 4) is 0 Å². The minimum absolute atomic E-state index is 1.09. The predicted octanol–water partition coefficient (Wildman–Crippen LogP) is 5.16. The molecule has 96 valence electrons. The molecule has 0 unspecified atom stereocenters. The minimum atomic E-state index is 1.09. The number of hydrogen-bond donors (Lipinski definition) is 0. The summed E-state index contributed by atoms with van der Waals surface area (Å²) in [5, 5.41) is 6.38.